The topological polar surface area (TPSA) is 18.5 Å². The Morgan fingerprint density at radius 1 is 0.765 bits per heavy atom. The van der Waals surface area contributed by atoms with Crippen LogP contribution in [0, 0.1) is 6.92 Å². The second kappa shape index (κ2) is 4.34. The molecule has 17 heavy (non-hydrogen) atoms. The van der Waals surface area contributed by atoms with Gasteiger partial charge in [-0.15, -0.1) is 26.3 Å². The molecule has 8 heteroatoms. The number of hydrogen-bond acceptors (Lipinski definition) is 2. The van der Waals surface area contributed by atoms with E-state index in [2.05, 4.69) is 16.4 Å². The van der Waals surface area contributed by atoms with Gasteiger partial charge in [-0.2, -0.15) is 0 Å². The molecule has 0 fully saturated rings. The molecule has 0 unspecified atom stereocenters. The predicted octanol–water partition coefficient (Wildman–Crippen LogP) is 3.67. The van der Waals surface area contributed by atoms with E-state index in [-0.39, 0.29) is 5.56 Å². The first-order valence-corrected chi connectivity index (χ1v) is 4.04. The lowest BCUT2D eigenvalue weighted by atomic mass is 10.2. The number of benzene rings is 1. The predicted molar refractivity (Wildman–Crippen MR) is 44.3 cm³/mol. The molecule has 0 atom stereocenters. The molecule has 0 N–H and O–H groups in total. The molecule has 95 valence electrons. The van der Waals surface area contributed by atoms with E-state index in [1.807, 2.05) is 0 Å². The summed E-state index contributed by atoms with van der Waals surface area (Å²) >= 11 is 0. The first-order chi connectivity index (χ1) is 7.55. The zero-order valence-corrected chi connectivity index (χ0v) is 8.02. The monoisotopic (exact) mass is 259 g/mol. The lowest BCUT2D eigenvalue weighted by Gasteiger charge is -2.13. The van der Waals surface area contributed by atoms with Gasteiger partial charge in [-0.05, 0) is 24.6 Å². The molecule has 0 amide bonds. The van der Waals surface area contributed by atoms with Crippen LogP contribution in [0.1, 0.15) is 5.56 Å². The highest BCUT2D eigenvalue weighted by molar-refractivity contribution is 5.39. The Morgan fingerprint density at radius 3 is 1.41 bits per heavy atom. The maximum atomic E-state index is 11.8. The zero-order chi connectivity index (χ0) is 13.3. The Kier molecular flexibility index (Phi) is 3.44. The van der Waals surface area contributed by atoms with E-state index in [4.69, 9.17) is 0 Å². The summed E-state index contributed by atoms with van der Waals surface area (Å²) in [6.45, 7) is 3.21. The van der Waals surface area contributed by atoms with Gasteiger partial charge in [0.1, 0.15) is 11.5 Å². The molecule has 0 spiro atoms. The molecule has 0 aromatic heterocycles. The number of alkyl halides is 6. The summed E-state index contributed by atoms with van der Waals surface area (Å²) in [6, 6.07) is 2.13. The maximum Gasteiger partial charge on any atom is 0.573 e. The van der Waals surface area contributed by atoms with Crippen LogP contribution in [0.15, 0.2) is 18.2 Å². The van der Waals surface area contributed by atoms with Crippen LogP contribution in [0.2, 0.25) is 0 Å². The number of rotatable bonds is 2. The van der Waals surface area contributed by atoms with Gasteiger partial charge in [0, 0.05) is 6.07 Å². The second-order valence-corrected chi connectivity index (χ2v) is 2.91. The Hall–Kier alpha value is -1.60. The lowest BCUT2D eigenvalue weighted by Crippen LogP contribution is -2.19. The van der Waals surface area contributed by atoms with Crippen LogP contribution in [0.5, 0.6) is 11.5 Å². The van der Waals surface area contributed by atoms with Crippen LogP contribution in [0.3, 0.4) is 0 Å². The average Bonchev–Trinajstić information content (AvgIpc) is 1.93. The van der Waals surface area contributed by atoms with Crippen molar-refractivity contribution in [1.82, 2.24) is 0 Å². The van der Waals surface area contributed by atoms with Crippen LogP contribution in [0.25, 0.3) is 0 Å². The number of hydrogen-bond donors (Lipinski definition) is 0. The van der Waals surface area contributed by atoms with Gasteiger partial charge in [-0.1, -0.05) is 0 Å². The minimum atomic E-state index is -5.00. The van der Waals surface area contributed by atoms with Gasteiger partial charge >= 0.3 is 12.7 Å². The van der Waals surface area contributed by atoms with Crippen molar-refractivity contribution < 1.29 is 35.8 Å². The summed E-state index contributed by atoms with van der Waals surface area (Å²) in [7, 11) is 0. The molecule has 1 rings (SSSR count). The molecule has 0 bridgehead atoms. The van der Waals surface area contributed by atoms with E-state index in [9.17, 15) is 26.3 Å². The van der Waals surface area contributed by atoms with Gasteiger partial charge in [-0.25, -0.2) is 0 Å². The molecule has 0 saturated carbocycles. The molecular formula is C9H5F6O2. The zero-order valence-electron chi connectivity index (χ0n) is 8.02. The van der Waals surface area contributed by atoms with Gasteiger partial charge in [0.25, 0.3) is 0 Å². The Labute approximate surface area is 91.7 Å². The lowest BCUT2D eigenvalue weighted by molar-refractivity contribution is -0.276. The van der Waals surface area contributed by atoms with Gasteiger partial charge < -0.3 is 9.47 Å². The highest BCUT2D eigenvalue weighted by atomic mass is 19.4. The van der Waals surface area contributed by atoms with Crippen molar-refractivity contribution >= 4 is 0 Å². The van der Waals surface area contributed by atoms with Crippen molar-refractivity contribution in [2.24, 2.45) is 0 Å². The summed E-state index contributed by atoms with van der Waals surface area (Å²) in [6.07, 6.45) is -9.99. The Bertz CT molecular complexity index is 361. The smallest absolute Gasteiger partial charge is 0.406 e. The molecule has 1 aromatic carbocycles. The van der Waals surface area contributed by atoms with Gasteiger partial charge in [0.2, 0.25) is 0 Å². The van der Waals surface area contributed by atoms with Crippen LogP contribution in [0.4, 0.5) is 26.3 Å². The van der Waals surface area contributed by atoms with Crippen LogP contribution >= 0.6 is 0 Å². The van der Waals surface area contributed by atoms with Crippen molar-refractivity contribution in [2.45, 2.75) is 12.7 Å². The third-order valence-electron chi connectivity index (χ3n) is 1.41. The fraction of sp³-hybridized carbons (Fsp3) is 0.222. The molecule has 0 aliphatic carbocycles. The molecule has 0 aliphatic rings. The minimum Gasteiger partial charge on any atom is -0.406 e. The van der Waals surface area contributed by atoms with E-state index in [1.54, 1.807) is 0 Å². The standard InChI is InChI=1S/C9H5F6O2/c1-5-2-6(16-8(10,11)12)4-7(3-5)17-9(13,14)15/h2-4H,1H2. The fourth-order valence-electron chi connectivity index (χ4n) is 1.02. The van der Waals surface area contributed by atoms with Crippen molar-refractivity contribution in [3.05, 3.63) is 30.7 Å². The van der Waals surface area contributed by atoms with E-state index in [1.165, 1.54) is 0 Å². The van der Waals surface area contributed by atoms with Crippen molar-refractivity contribution in [3.63, 3.8) is 0 Å². The third kappa shape index (κ3) is 5.32. The molecule has 0 aliphatic heterocycles. The molecule has 1 radical (unpaired) electrons. The molecule has 0 saturated heterocycles. The van der Waals surface area contributed by atoms with Crippen molar-refractivity contribution in [3.8, 4) is 11.5 Å². The Morgan fingerprint density at radius 2 is 1.12 bits per heavy atom. The highest BCUT2D eigenvalue weighted by Crippen LogP contribution is 2.30. The van der Waals surface area contributed by atoms with Crippen molar-refractivity contribution in [2.75, 3.05) is 0 Å². The highest BCUT2D eigenvalue weighted by Gasteiger charge is 2.33. The SMILES string of the molecule is [CH2]c1cc(OC(F)(F)F)cc(OC(F)(F)F)c1. The Balaban J connectivity index is 2.95. The van der Waals surface area contributed by atoms with E-state index >= 15 is 0 Å². The van der Waals surface area contributed by atoms with Crippen LogP contribution in [-0.4, -0.2) is 12.7 Å². The summed E-state index contributed by atoms with van der Waals surface area (Å²) in [5.41, 5.74) is -0.106. The van der Waals surface area contributed by atoms with Crippen molar-refractivity contribution in [1.29, 1.82) is 0 Å². The maximum absolute atomic E-state index is 11.8. The number of halogens is 6. The second-order valence-electron chi connectivity index (χ2n) is 2.91. The van der Waals surface area contributed by atoms with Crippen LogP contribution in [-0.2, 0) is 0 Å². The van der Waals surface area contributed by atoms with Gasteiger partial charge in [0.15, 0.2) is 0 Å². The van der Waals surface area contributed by atoms with E-state index in [0.717, 1.165) is 12.1 Å². The molecule has 2 nitrogen and oxygen atoms in total. The normalized spacial score (nSPS) is 12.4. The molecule has 1 aromatic rings. The quantitative estimate of drug-likeness (QED) is 0.754. The summed E-state index contributed by atoms with van der Waals surface area (Å²) < 4.78 is 77.9. The van der Waals surface area contributed by atoms with Gasteiger partial charge in [0.05, 0.1) is 0 Å². The largest absolute Gasteiger partial charge is 0.573 e. The molecule has 0 heterocycles. The van der Waals surface area contributed by atoms with Gasteiger partial charge in [-0.3, -0.25) is 0 Å². The third-order valence-corrected chi connectivity index (χ3v) is 1.41. The first-order valence-electron chi connectivity index (χ1n) is 4.04. The van der Waals surface area contributed by atoms with E-state index < -0.39 is 24.2 Å². The first kappa shape index (κ1) is 13.5. The fourth-order valence-corrected chi connectivity index (χ4v) is 1.02. The minimum absolute atomic E-state index is 0.106. The average molecular weight is 259 g/mol. The number of ether oxygens (including phenoxy) is 2. The van der Waals surface area contributed by atoms with E-state index in [0.29, 0.717) is 6.07 Å². The summed E-state index contributed by atoms with van der Waals surface area (Å²) in [5, 5.41) is 0. The summed E-state index contributed by atoms with van der Waals surface area (Å²) in [4.78, 5) is 0. The van der Waals surface area contributed by atoms with Crippen LogP contribution < -0.4 is 9.47 Å². The summed E-state index contributed by atoms with van der Waals surface area (Å²) in [5.74, 6) is -1.66. The molecular weight excluding hydrogens is 254 g/mol.